The molecule has 2 aliphatic rings. The maximum atomic E-state index is 15.3. The van der Waals surface area contributed by atoms with Crippen LogP contribution in [0.4, 0.5) is 35.1 Å². The Morgan fingerprint density at radius 1 is 0.696 bits per heavy atom. The minimum atomic E-state index is -6.11. The van der Waals surface area contributed by atoms with Crippen molar-refractivity contribution in [3.05, 3.63) is 83.7 Å². The standard InChI is InChI=1S/C37H38F8O/c1-2-3-4-5-23-6-8-24(9-7-23)25-10-12-26(13-11-25)29-18-19-30(32(38)22-29)27-14-16-28(17-15-27)31-20-21-33(35(40)34(31)39)46-37(44,45)36(41,42)43/h12,14-25H,2-11,13H2,1H3. The van der Waals surface area contributed by atoms with Gasteiger partial charge in [-0.15, -0.1) is 0 Å². The molecule has 46 heavy (non-hydrogen) atoms. The fraction of sp³-hybridized carbons (Fsp3) is 0.459. The summed E-state index contributed by atoms with van der Waals surface area (Å²) in [6, 6.07) is 12.2. The highest BCUT2D eigenvalue weighted by Gasteiger charge is 2.61. The first kappa shape index (κ1) is 34.0. The van der Waals surface area contributed by atoms with Crippen molar-refractivity contribution in [2.24, 2.45) is 17.8 Å². The SMILES string of the molecule is CCCCCC1CCC(C2CC=C(c3ccc(-c4ccc(-c5ccc(OC(F)(F)C(F)(F)F)c(F)c5F)cc4)c(F)c3)CC2)CC1. The molecule has 0 saturated heterocycles. The molecule has 0 amide bonds. The molecule has 3 aromatic rings. The van der Waals surface area contributed by atoms with Gasteiger partial charge >= 0.3 is 12.3 Å². The number of ether oxygens (including phenoxy) is 1. The van der Waals surface area contributed by atoms with Crippen LogP contribution in [-0.2, 0) is 0 Å². The second-order valence-corrected chi connectivity index (χ2v) is 12.7. The Bertz CT molecular complexity index is 1520. The van der Waals surface area contributed by atoms with Gasteiger partial charge in [-0.3, -0.25) is 0 Å². The summed E-state index contributed by atoms with van der Waals surface area (Å²) < 4.78 is 111. The van der Waals surface area contributed by atoms with Gasteiger partial charge in [0.25, 0.3) is 0 Å². The van der Waals surface area contributed by atoms with Crippen molar-refractivity contribution < 1.29 is 39.9 Å². The molecule has 0 radical (unpaired) electrons. The van der Waals surface area contributed by atoms with Crippen LogP contribution in [0.25, 0.3) is 27.8 Å². The van der Waals surface area contributed by atoms with Gasteiger partial charge in [0.15, 0.2) is 11.6 Å². The van der Waals surface area contributed by atoms with Gasteiger partial charge < -0.3 is 4.74 Å². The largest absolute Gasteiger partial charge is 0.499 e. The molecule has 2 aliphatic carbocycles. The van der Waals surface area contributed by atoms with Gasteiger partial charge in [0.1, 0.15) is 5.82 Å². The van der Waals surface area contributed by atoms with E-state index in [1.807, 2.05) is 6.07 Å². The van der Waals surface area contributed by atoms with E-state index in [2.05, 4.69) is 17.7 Å². The van der Waals surface area contributed by atoms with Crippen LogP contribution in [0.15, 0.2) is 60.7 Å². The Labute approximate surface area is 264 Å². The lowest BCUT2D eigenvalue weighted by Crippen LogP contribution is -2.42. The normalized spacial score (nSPS) is 20.8. The van der Waals surface area contributed by atoms with Crippen molar-refractivity contribution in [2.75, 3.05) is 0 Å². The Kier molecular flexibility index (Phi) is 10.5. The van der Waals surface area contributed by atoms with Crippen LogP contribution < -0.4 is 4.74 Å². The predicted octanol–water partition coefficient (Wildman–Crippen LogP) is 12.5. The third-order valence-corrected chi connectivity index (χ3v) is 9.69. The van der Waals surface area contributed by atoms with Crippen molar-refractivity contribution in [3.8, 4) is 28.0 Å². The Hall–Kier alpha value is -3.36. The van der Waals surface area contributed by atoms with Crippen LogP contribution in [0.3, 0.4) is 0 Å². The van der Waals surface area contributed by atoms with Crippen molar-refractivity contribution in [1.29, 1.82) is 0 Å². The summed E-state index contributed by atoms with van der Waals surface area (Å²) in [5.41, 5.74) is 2.49. The van der Waals surface area contributed by atoms with Gasteiger partial charge in [0.05, 0.1) is 0 Å². The molecular formula is C37H38F8O. The molecule has 0 N–H and O–H groups in total. The first-order chi connectivity index (χ1) is 21.9. The third kappa shape index (κ3) is 7.60. The van der Waals surface area contributed by atoms with Gasteiger partial charge in [-0.1, -0.05) is 87.9 Å². The number of rotatable bonds is 10. The van der Waals surface area contributed by atoms with E-state index in [4.69, 9.17) is 0 Å². The summed E-state index contributed by atoms with van der Waals surface area (Å²) in [6.45, 7) is 2.25. The molecule has 5 rings (SSSR count). The first-order valence-electron chi connectivity index (χ1n) is 16.1. The lowest BCUT2D eigenvalue weighted by molar-refractivity contribution is -0.361. The van der Waals surface area contributed by atoms with E-state index < -0.39 is 35.5 Å². The van der Waals surface area contributed by atoms with Crippen molar-refractivity contribution in [1.82, 2.24) is 0 Å². The Morgan fingerprint density at radius 3 is 1.91 bits per heavy atom. The lowest BCUT2D eigenvalue weighted by Gasteiger charge is -2.35. The summed E-state index contributed by atoms with van der Waals surface area (Å²) in [4.78, 5) is 0. The average Bonchev–Trinajstić information content (AvgIpc) is 3.03. The van der Waals surface area contributed by atoms with E-state index in [0.717, 1.165) is 48.3 Å². The van der Waals surface area contributed by atoms with Crippen molar-refractivity contribution in [3.63, 3.8) is 0 Å². The van der Waals surface area contributed by atoms with Gasteiger partial charge in [-0.25, -0.2) is 8.78 Å². The van der Waals surface area contributed by atoms with E-state index in [1.165, 1.54) is 81.7 Å². The molecule has 0 bridgehead atoms. The highest BCUT2D eigenvalue weighted by molar-refractivity contribution is 5.74. The molecule has 9 heteroatoms. The number of alkyl halides is 5. The zero-order chi connectivity index (χ0) is 33.1. The molecule has 1 saturated carbocycles. The van der Waals surface area contributed by atoms with Crippen LogP contribution in [0.1, 0.15) is 83.1 Å². The highest BCUT2D eigenvalue weighted by atomic mass is 19.4. The molecule has 1 nitrogen and oxygen atoms in total. The molecule has 1 fully saturated rings. The number of allylic oxidation sites excluding steroid dienone is 2. The fourth-order valence-corrected chi connectivity index (χ4v) is 6.98. The van der Waals surface area contributed by atoms with Crippen molar-refractivity contribution >= 4 is 5.57 Å². The Balaban J connectivity index is 1.22. The fourth-order valence-electron chi connectivity index (χ4n) is 6.98. The molecule has 0 aliphatic heterocycles. The van der Waals surface area contributed by atoms with Gasteiger partial charge in [-0.05, 0) is 90.3 Å². The minimum Gasteiger partial charge on any atom is -0.423 e. The predicted molar refractivity (Wildman–Crippen MR) is 164 cm³/mol. The number of hydrogen-bond acceptors (Lipinski definition) is 1. The molecule has 1 atom stereocenters. The number of benzene rings is 3. The smallest absolute Gasteiger partial charge is 0.423 e. The molecule has 1 unspecified atom stereocenters. The number of hydrogen-bond donors (Lipinski definition) is 0. The monoisotopic (exact) mass is 650 g/mol. The van der Waals surface area contributed by atoms with E-state index in [-0.39, 0.29) is 11.1 Å². The van der Waals surface area contributed by atoms with Crippen molar-refractivity contribution in [2.45, 2.75) is 89.8 Å². The maximum absolute atomic E-state index is 15.3. The quantitative estimate of drug-likeness (QED) is 0.157. The number of halogens is 8. The van der Waals surface area contributed by atoms with Crippen LogP contribution in [-0.4, -0.2) is 12.3 Å². The number of unbranched alkanes of at least 4 members (excludes halogenated alkanes) is 2. The second kappa shape index (κ2) is 14.2. The average molecular weight is 651 g/mol. The molecule has 3 aromatic carbocycles. The van der Waals surface area contributed by atoms with E-state index in [1.54, 1.807) is 6.07 Å². The first-order valence-corrected chi connectivity index (χ1v) is 16.1. The second-order valence-electron chi connectivity index (χ2n) is 12.7. The summed E-state index contributed by atoms with van der Waals surface area (Å²) in [7, 11) is 0. The summed E-state index contributed by atoms with van der Waals surface area (Å²) in [5, 5.41) is 0. The minimum absolute atomic E-state index is 0.109. The molecule has 0 spiro atoms. The summed E-state index contributed by atoms with van der Waals surface area (Å²) in [6.07, 6.45) is 4.11. The van der Waals surface area contributed by atoms with Gasteiger partial charge in [-0.2, -0.15) is 26.3 Å². The molecule has 0 aromatic heterocycles. The zero-order valence-corrected chi connectivity index (χ0v) is 25.7. The van der Waals surface area contributed by atoms with E-state index in [0.29, 0.717) is 23.1 Å². The maximum Gasteiger partial charge on any atom is 0.499 e. The van der Waals surface area contributed by atoms with E-state index in [9.17, 15) is 30.7 Å². The van der Waals surface area contributed by atoms with Crippen LogP contribution >= 0.6 is 0 Å². The molecular weight excluding hydrogens is 612 g/mol. The third-order valence-electron chi connectivity index (χ3n) is 9.69. The molecule has 0 heterocycles. The topological polar surface area (TPSA) is 9.23 Å². The molecule has 248 valence electrons. The lowest BCUT2D eigenvalue weighted by atomic mass is 9.70. The highest BCUT2D eigenvalue weighted by Crippen LogP contribution is 2.43. The van der Waals surface area contributed by atoms with Gasteiger partial charge in [0, 0.05) is 11.1 Å². The summed E-state index contributed by atoms with van der Waals surface area (Å²) >= 11 is 0. The summed E-state index contributed by atoms with van der Waals surface area (Å²) in [5.74, 6) is -3.30. The van der Waals surface area contributed by atoms with Crippen LogP contribution in [0.5, 0.6) is 5.75 Å². The van der Waals surface area contributed by atoms with Crippen LogP contribution in [0, 0.1) is 35.2 Å². The zero-order valence-electron chi connectivity index (χ0n) is 25.7. The Morgan fingerprint density at radius 2 is 1.33 bits per heavy atom. The van der Waals surface area contributed by atoms with Crippen LogP contribution in [0.2, 0.25) is 0 Å². The van der Waals surface area contributed by atoms with E-state index >= 15 is 4.39 Å². The van der Waals surface area contributed by atoms with Gasteiger partial charge in [0.2, 0.25) is 5.82 Å².